The maximum atomic E-state index is 14.3. The van der Waals surface area contributed by atoms with Gasteiger partial charge in [-0.3, -0.25) is 14.4 Å². The van der Waals surface area contributed by atoms with E-state index in [4.69, 9.17) is 4.74 Å². The second-order valence-electron chi connectivity index (χ2n) is 9.31. The topological polar surface area (TPSA) is 90.4 Å². The molecule has 1 fully saturated rings. The van der Waals surface area contributed by atoms with Gasteiger partial charge < -0.3 is 24.5 Å². The average molecular weight is 492 g/mol. The lowest BCUT2D eigenvalue weighted by molar-refractivity contribution is -0.143. The van der Waals surface area contributed by atoms with Crippen LogP contribution < -0.4 is 9.64 Å². The van der Waals surface area contributed by atoms with Gasteiger partial charge in [0.15, 0.2) is 5.54 Å². The lowest BCUT2D eigenvalue weighted by atomic mass is 9.82. The largest absolute Gasteiger partial charge is 0.507 e. The molecule has 8 heteroatoms. The van der Waals surface area contributed by atoms with Crippen LogP contribution in [0.4, 0.5) is 5.69 Å². The van der Waals surface area contributed by atoms with Gasteiger partial charge in [0.2, 0.25) is 0 Å². The molecule has 0 bridgehead atoms. The number of carbonyl (C=O) groups is 3. The van der Waals surface area contributed by atoms with Gasteiger partial charge in [0.05, 0.1) is 17.9 Å². The van der Waals surface area contributed by atoms with E-state index in [1.165, 1.54) is 4.90 Å². The van der Waals surface area contributed by atoms with Crippen molar-refractivity contribution in [3.05, 3.63) is 65.2 Å². The molecule has 2 heterocycles. The minimum Gasteiger partial charge on any atom is -0.507 e. The minimum absolute atomic E-state index is 0.183. The number of aliphatic hydroxyl groups excluding tert-OH is 1. The van der Waals surface area contributed by atoms with Crippen LogP contribution >= 0.6 is 0 Å². The highest BCUT2D eigenvalue weighted by molar-refractivity contribution is 6.50. The van der Waals surface area contributed by atoms with Crippen molar-refractivity contribution in [3.8, 4) is 5.75 Å². The van der Waals surface area contributed by atoms with E-state index in [0.717, 1.165) is 0 Å². The van der Waals surface area contributed by atoms with Crippen LogP contribution in [0.25, 0.3) is 5.76 Å². The first kappa shape index (κ1) is 25.4. The summed E-state index contributed by atoms with van der Waals surface area (Å²) in [6.45, 7) is 5.63. The van der Waals surface area contributed by atoms with E-state index < -0.39 is 17.2 Å². The predicted octanol–water partition coefficient (Wildman–Crippen LogP) is 3.37. The molecule has 0 radical (unpaired) electrons. The van der Waals surface area contributed by atoms with E-state index in [0.29, 0.717) is 55.1 Å². The number of nitrogens with zero attached hydrogens (tertiary/aromatic N) is 3. The van der Waals surface area contributed by atoms with Crippen molar-refractivity contribution in [2.75, 3.05) is 45.2 Å². The zero-order valence-corrected chi connectivity index (χ0v) is 21.3. The van der Waals surface area contributed by atoms with Crippen LogP contribution in [-0.4, -0.2) is 72.8 Å². The van der Waals surface area contributed by atoms with Crippen LogP contribution in [0.15, 0.2) is 54.1 Å². The number of amides is 2. The van der Waals surface area contributed by atoms with Gasteiger partial charge in [-0.05, 0) is 70.7 Å². The highest BCUT2D eigenvalue weighted by atomic mass is 16.5. The summed E-state index contributed by atoms with van der Waals surface area (Å²) >= 11 is 0. The monoisotopic (exact) mass is 491 g/mol. The molecule has 0 aromatic heterocycles. The van der Waals surface area contributed by atoms with Gasteiger partial charge in [0.1, 0.15) is 11.5 Å². The number of ether oxygens (including phenoxy) is 1. The Labute approximate surface area is 211 Å². The van der Waals surface area contributed by atoms with Crippen LogP contribution in [0.1, 0.15) is 37.8 Å². The van der Waals surface area contributed by atoms with Gasteiger partial charge in [-0.15, -0.1) is 0 Å². The summed E-state index contributed by atoms with van der Waals surface area (Å²) in [6, 6.07) is 13.9. The van der Waals surface area contributed by atoms with Gasteiger partial charge in [0.25, 0.3) is 17.6 Å². The molecule has 8 nitrogen and oxygen atoms in total. The number of Topliss-reactive ketones (excluding diaryl/α,β-unsaturated/α-hetero) is 1. The molecule has 0 aliphatic carbocycles. The number of fused-ring (bicyclic) bond motifs is 2. The maximum absolute atomic E-state index is 14.3. The first-order chi connectivity index (χ1) is 17.3. The highest BCUT2D eigenvalue weighted by Gasteiger charge is 2.66. The Hall–Kier alpha value is -3.65. The highest BCUT2D eigenvalue weighted by Crippen LogP contribution is 2.53. The lowest BCUT2D eigenvalue weighted by Gasteiger charge is -2.34. The number of benzene rings is 2. The van der Waals surface area contributed by atoms with Crippen molar-refractivity contribution in [3.63, 3.8) is 0 Å². The van der Waals surface area contributed by atoms with Crippen LogP contribution in [-0.2, 0) is 19.9 Å². The third kappa shape index (κ3) is 3.95. The number of carbonyl (C=O) groups excluding carboxylic acids is 3. The molecule has 36 heavy (non-hydrogen) atoms. The average Bonchev–Trinajstić information content (AvgIpc) is 3.23. The summed E-state index contributed by atoms with van der Waals surface area (Å²) in [4.78, 5) is 46.3. The molecule has 1 atom stereocenters. The Morgan fingerprint density at radius 3 is 2.33 bits per heavy atom. The summed E-state index contributed by atoms with van der Waals surface area (Å²) < 4.78 is 5.49. The molecule has 1 unspecified atom stereocenters. The molecule has 2 amide bonds. The van der Waals surface area contributed by atoms with Gasteiger partial charge in [-0.2, -0.15) is 0 Å². The zero-order chi connectivity index (χ0) is 26.0. The van der Waals surface area contributed by atoms with Crippen molar-refractivity contribution < 1.29 is 24.2 Å². The Kier molecular flexibility index (Phi) is 7.17. The van der Waals surface area contributed by atoms with Crippen LogP contribution in [0.2, 0.25) is 0 Å². The minimum atomic E-state index is -1.71. The Morgan fingerprint density at radius 2 is 1.69 bits per heavy atom. The Bertz CT molecular complexity index is 1200. The maximum Gasteiger partial charge on any atom is 0.296 e. The molecule has 1 N–H and O–H groups in total. The smallest absolute Gasteiger partial charge is 0.296 e. The van der Waals surface area contributed by atoms with E-state index in [2.05, 4.69) is 0 Å². The van der Waals surface area contributed by atoms with Crippen molar-refractivity contribution in [1.29, 1.82) is 0 Å². The van der Waals surface area contributed by atoms with E-state index in [-0.39, 0.29) is 23.8 Å². The number of aliphatic hydroxyl groups is 1. The third-order valence-electron chi connectivity index (χ3n) is 6.68. The molecule has 2 aromatic rings. The van der Waals surface area contributed by atoms with Crippen molar-refractivity contribution in [1.82, 2.24) is 9.80 Å². The number of para-hydroxylation sites is 1. The third-order valence-corrected chi connectivity index (χ3v) is 6.68. The van der Waals surface area contributed by atoms with Crippen molar-refractivity contribution in [2.24, 2.45) is 0 Å². The summed E-state index contributed by atoms with van der Waals surface area (Å²) in [5.41, 5.74) is -0.364. The van der Waals surface area contributed by atoms with Crippen LogP contribution in [0, 0.1) is 0 Å². The van der Waals surface area contributed by atoms with E-state index >= 15 is 0 Å². The predicted molar refractivity (Wildman–Crippen MR) is 138 cm³/mol. The van der Waals surface area contributed by atoms with Crippen LogP contribution in [0.5, 0.6) is 5.75 Å². The van der Waals surface area contributed by atoms with Gasteiger partial charge in [-0.25, -0.2) is 0 Å². The van der Waals surface area contributed by atoms with E-state index in [9.17, 15) is 19.5 Å². The fourth-order valence-electron chi connectivity index (χ4n) is 5.18. The first-order valence-corrected chi connectivity index (χ1v) is 12.4. The second-order valence-corrected chi connectivity index (χ2v) is 9.31. The number of likely N-dealkylation sites (tertiary alicyclic amines) is 1. The molecule has 2 aliphatic heterocycles. The molecule has 0 saturated carbocycles. The lowest BCUT2D eigenvalue weighted by Crippen LogP contribution is -2.52. The molecular formula is C28H33N3O5. The Morgan fingerprint density at radius 1 is 1.00 bits per heavy atom. The fraction of sp³-hybridized carbons (Fsp3) is 0.393. The summed E-state index contributed by atoms with van der Waals surface area (Å²) in [5, 5.41) is 11.5. The van der Waals surface area contributed by atoms with Crippen molar-refractivity contribution in [2.45, 2.75) is 32.2 Å². The normalized spacial score (nSPS) is 20.6. The molecule has 1 saturated heterocycles. The Balaban J connectivity index is 1.95. The number of anilines is 1. The molecule has 1 spiro atoms. The van der Waals surface area contributed by atoms with E-state index in [1.54, 1.807) is 41.3 Å². The van der Waals surface area contributed by atoms with Crippen molar-refractivity contribution >= 4 is 29.0 Å². The van der Waals surface area contributed by atoms with Gasteiger partial charge >= 0.3 is 0 Å². The fourth-order valence-corrected chi connectivity index (χ4v) is 5.18. The first-order valence-electron chi connectivity index (χ1n) is 12.4. The molecular weight excluding hydrogens is 458 g/mol. The summed E-state index contributed by atoms with van der Waals surface area (Å²) in [6.07, 6.45) is 1.26. The molecule has 2 aromatic carbocycles. The quantitative estimate of drug-likeness (QED) is 0.329. The van der Waals surface area contributed by atoms with Crippen LogP contribution in [0.3, 0.4) is 0 Å². The van der Waals surface area contributed by atoms with Gasteiger partial charge in [0, 0.05) is 24.2 Å². The molecule has 2 aliphatic rings. The SMILES string of the molecule is CCCN1C(=O)C2(C(=C(O)c3ccc(OCC)cc3)C(=O)C(=O)N2CCCN(C)C)c2ccccc21. The summed E-state index contributed by atoms with van der Waals surface area (Å²) in [7, 11) is 3.85. The van der Waals surface area contributed by atoms with Gasteiger partial charge in [-0.1, -0.05) is 25.1 Å². The molecule has 4 rings (SSSR count). The molecule has 190 valence electrons. The number of rotatable bonds is 9. The number of hydrogen-bond acceptors (Lipinski definition) is 6. The number of ketones is 1. The number of hydrogen-bond donors (Lipinski definition) is 1. The second kappa shape index (κ2) is 10.1. The zero-order valence-electron chi connectivity index (χ0n) is 21.3. The standard InChI is InChI=1S/C28H33N3O5/c1-5-16-30-22-11-8-7-10-21(22)28(27(30)35)23(24(32)19-12-14-20(15-13-19)36-6-2)25(33)26(34)31(28)18-9-17-29(3)4/h7-8,10-15,32H,5-6,9,16-18H2,1-4H3. The summed E-state index contributed by atoms with van der Waals surface area (Å²) in [5.74, 6) is -1.77. The van der Waals surface area contributed by atoms with E-state index in [1.807, 2.05) is 45.0 Å².